The van der Waals surface area contributed by atoms with E-state index in [0.29, 0.717) is 24.2 Å². The molecule has 0 saturated heterocycles. The molecule has 1 heterocycles. The number of rotatable bonds is 6. The standard InChI is InChI=1S/C21H22N4O3/c22-18-5-1-2-6-19(18)25-20(26)17-9-7-15(8-10-17)13-24-21(27)28-14-16-4-3-11-23-12-16/h1-4,6-12,18H,5,13-14,22H2,(H,24,27)(H,25,26). The summed E-state index contributed by atoms with van der Waals surface area (Å²) in [6, 6.07) is 10.4. The monoisotopic (exact) mass is 378 g/mol. The van der Waals surface area contributed by atoms with E-state index in [1.807, 2.05) is 24.3 Å². The number of pyridine rings is 1. The molecule has 0 fully saturated rings. The van der Waals surface area contributed by atoms with E-state index < -0.39 is 6.09 Å². The minimum atomic E-state index is -0.517. The van der Waals surface area contributed by atoms with Crippen molar-refractivity contribution in [2.75, 3.05) is 0 Å². The Kier molecular flexibility index (Phi) is 6.54. The molecule has 2 aromatic rings. The lowest BCUT2D eigenvalue weighted by molar-refractivity contribution is 0.0963. The van der Waals surface area contributed by atoms with Crippen LogP contribution in [0.15, 0.2) is 72.7 Å². The van der Waals surface area contributed by atoms with Crippen LogP contribution in [0.2, 0.25) is 0 Å². The van der Waals surface area contributed by atoms with Crippen molar-refractivity contribution >= 4 is 12.0 Å². The second-order valence-corrected chi connectivity index (χ2v) is 6.33. The lowest BCUT2D eigenvalue weighted by atomic mass is 10.1. The van der Waals surface area contributed by atoms with Crippen LogP contribution in [0.3, 0.4) is 0 Å². The van der Waals surface area contributed by atoms with Crippen LogP contribution in [0.1, 0.15) is 27.9 Å². The summed E-state index contributed by atoms with van der Waals surface area (Å²) in [6.07, 6.45) is 9.13. The third-order valence-electron chi connectivity index (χ3n) is 4.20. The van der Waals surface area contributed by atoms with Crippen LogP contribution >= 0.6 is 0 Å². The molecule has 144 valence electrons. The topological polar surface area (TPSA) is 106 Å². The lowest BCUT2D eigenvalue weighted by Crippen LogP contribution is -2.35. The molecule has 1 atom stereocenters. The number of amides is 2. The van der Waals surface area contributed by atoms with Gasteiger partial charge in [-0.1, -0.05) is 30.4 Å². The summed E-state index contributed by atoms with van der Waals surface area (Å²) in [7, 11) is 0. The van der Waals surface area contributed by atoms with E-state index in [2.05, 4.69) is 15.6 Å². The third-order valence-corrected chi connectivity index (χ3v) is 4.20. The van der Waals surface area contributed by atoms with Crippen LogP contribution in [0.5, 0.6) is 0 Å². The van der Waals surface area contributed by atoms with E-state index in [1.165, 1.54) is 0 Å². The quantitative estimate of drug-likeness (QED) is 0.716. The minimum Gasteiger partial charge on any atom is -0.445 e. The van der Waals surface area contributed by atoms with Gasteiger partial charge in [-0.25, -0.2) is 4.79 Å². The van der Waals surface area contributed by atoms with Gasteiger partial charge in [0.15, 0.2) is 0 Å². The Bertz CT molecular complexity index is 876. The number of benzene rings is 1. The highest BCUT2D eigenvalue weighted by Crippen LogP contribution is 2.10. The molecule has 7 nitrogen and oxygen atoms in total. The molecule has 0 aliphatic heterocycles. The second-order valence-electron chi connectivity index (χ2n) is 6.33. The van der Waals surface area contributed by atoms with E-state index in [4.69, 9.17) is 10.5 Å². The van der Waals surface area contributed by atoms with Crippen molar-refractivity contribution < 1.29 is 14.3 Å². The zero-order chi connectivity index (χ0) is 19.8. The predicted molar refractivity (Wildman–Crippen MR) is 105 cm³/mol. The Morgan fingerprint density at radius 1 is 1.18 bits per heavy atom. The Hall–Kier alpha value is -3.45. The zero-order valence-corrected chi connectivity index (χ0v) is 15.3. The fraction of sp³-hybridized carbons (Fsp3) is 0.190. The first-order valence-corrected chi connectivity index (χ1v) is 8.94. The second kappa shape index (κ2) is 9.48. The molecule has 2 amide bonds. The van der Waals surface area contributed by atoms with Crippen LogP contribution in [-0.4, -0.2) is 23.0 Å². The SMILES string of the molecule is NC1CC=CC=C1NC(=O)c1ccc(CNC(=O)OCc2cccnc2)cc1. The van der Waals surface area contributed by atoms with E-state index in [0.717, 1.165) is 11.1 Å². The highest BCUT2D eigenvalue weighted by atomic mass is 16.5. The van der Waals surface area contributed by atoms with Crippen LogP contribution < -0.4 is 16.4 Å². The normalized spacial score (nSPS) is 15.5. The lowest BCUT2D eigenvalue weighted by Gasteiger charge is -2.18. The predicted octanol–water partition coefficient (Wildman–Crippen LogP) is 2.41. The number of alkyl carbamates (subject to hydrolysis) is 1. The molecule has 1 unspecified atom stereocenters. The highest BCUT2D eigenvalue weighted by molar-refractivity contribution is 5.95. The number of hydrogen-bond donors (Lipinski definition) is 3. The number of allylic oxidation sites excluding steroid dienone is 2. The smallest absolute Gasteiger partial charge is 0.407 e. The molecule has 1 aromatic heterocycles. The van der Waals surface area contributed by atoms with Gasteiger partial charge in [0, 0.05) is 41.8 Å². The first-order chi connectivity index (χ1) is 13.6. The molecule has 1 aromatic carbocycles. The van der Waals surface area contributed by atoms with Crippen molar-refractivity contribution in [2.45, 2.75) is 25.6 Å². The first-order valence-electron chi connectivity index (χ1n) is 8.94. The van der Waals surface area contributed by atoms with E-state index in [9.17, 15) is 9.59 Å². The summed E-state index contributed by atoms with van der Waals surface area (Å²) >= 11 is 0. The number of ether oxygens (including phenoxy) is 1. The molecule has 3 rings (SSSR count). The summed E-state index contributed by atoms with van der Waals surface area (Å²) in [5.74, 6) is -0.215. The van der Waals surface area contributed by atoms with Gasteiger partial charge >= 0.3 is 6.09 Å². The Balaban J connectivity index is 1.46. The van der Waals surface area contributed by atoms with Gasteiger partial charge in [0.25, 0.3) is 5.91 Å². The number of hydrogen-bond acceptors (Lipinski definition) is 5. The number of carbonyl (C=O) groups excluding carboxylic acids is 2. The third kappa shape index (κ3) is 5.52. The van der Waals surface area contributed by atoms with Crippen molar-refractivity contribution in [1.82, 2.24) is 15.6 Å². The number of nitrogens with one attached hydrogen (secondary N) is 2. The largest absolute Gasteiger partial charge is 0.445 e. The molecular formula is C21H22N4O3. The molecule has 1 aliphatic carbocycles. The van der Waals surface area contributed by atoms with Gasteiger partial charge in [-0.15, -0.1) is 0 Å². The molecule has 1 aliphatic rings. The fourth-order valence-corrected chi connectivity index (χ4v) is 2.62. The molecule has 0 bridgehead atoms. The maximum absolute atomic E-state index is 12.3. The fourth-order valence-electron chi connectivity index (χ4n) is 2.62. The van der Waals surface area contributed by atoms with Crippen molar-refractivity contribution in [3.8, 4) is 0 Å². The van der Waals surface area contributed by atoms with Crippen molar-refractivity contribution in [3.63, 3.8) is 0 Å². The van der Waals surface area contributed by atoms with Gasteiger partial charge in [0.1, 0.15) is 6.61 Å². The number of carbonyl (C=O) groups is 2. The van der Waals surface area contributed by atoms with Crippen molar-refractivity contribution in [3.05, 3.63) is 89.4 Å². The number of aromatic nitrogens is 1. The molecule has 0 saturated carbocycles. The van der Waals surface area contributed by atoms with Crippen LogP contribution in [-0.2, 0) is 17.9 Å². The average Bonchev–Trinajstić information content (AvgIpc) is 2.73. The summed E-state index contributed by atoms with van der Waals surface area (Å²) in [4.78, 5) is 28.1. The van der Waals surface area contributed by atoms with Gasteiger partial charge in [-0.2, -0.15) is 0 Å². The van der Waals surface area contributed by atoms with E-state index in [-0.39, 0.29) is 18.6 Å². The number of nitrogens with zero attached hydrogens (tertiary/aromatic N) is 1. The maximum atomic E-state index is 12.3. The highest BCUT2D eigenvalue weighted by Gasteiger charge is 2.14. The summed E-state index contributed by atoms with van der Waals surface area (Å²) in [5, 5.41) is 5.51. The average molecular weight is 378 g/mol. The van der Waals surface area contributed by atoms with Crippen LogP contribution in [0, 0.1) is 0 Å². The van der Waals surface area contributed by atoms with E-state index >= 15 is 0 Å². The summed E-state index contributed by atoms with van der Waals surface area (Å²) < 4.78 is 5.13. The first kappa shape index (κ1) is 19.3. The van der Waals surface area contributed by atoms with Crippen LogP contribution in [0.4, 0.5) is 4.79 Å². The molecule has 28 heavy (non-hydrogen) atoms. The van der Waals surface area contributed by atoms with Gasteiger partial charge in [0.2, 0.25) is 0 Å². The van der Waals surface area contributed by atoms with E-state index in [1.54, 1.807) is 42.7 Å². The van der Waals surface area contributed by atoms with Crippen molar-refractivity contribution in [1.29, 1.82) is 0 Å². The summed E-state index contributed by atoms with van der Waals surface area (Å²) in [6.45, 7) is 0.459. The molecule has 4 N–H and O–H groups in total. The molecule has 0 spiro atoms. The minimum absolute atomic E-state index is 0.159. The van der Waals surface area contributed by atoms with Crippen molar-refractivity contribution in [2.24, 2.45) is 5.73 Å². The Labute approximate surface area is 163 Å². The van der Waals surface area contributed by atoms with Gasteiger partial charge in [0.05, 0.1) is 0 Å². The Morgan fingerprint density at radius 2 is 2.00 bits per heavy atom. The van der Waals surface area contributed by atoms with Gasteiger partial charge < -0.3 is 21.1 Å². The number of nitrogens with two attached hydrogens (primary N) is 1. The maximum Gasteiger partial charge on any atom is 0.407 e. The van der Waals surface area contributed by atoms with Gasteiger partial charge in [-0.3, -0.25) is 9.78 Å². The van der Waals surface area contributed by atoms with Gasteiger partial charge in [-0.05, 0) is 36.3 Å². The molecular weight excluding hydrogens is 356 g/mol. The molecule has 0 radical (unpaired) electrons. The zero-order valence-electron chi connectivity index (χ0n) is 15.3. The Morgan fingerprint density at radius 3 is 2.71 bits per heavy atom. The van der Waals surface area contributed by atoms with Crippen LogP contribution in [0.25, 0.3) is 0 Å². The molecule has 7 heteroatoms. The summed E-state index contributed by atoms with van der Waals surface area (Å²) in [5.41, 5.74) is 8.86.